The maximum atomic E-state index is 11.4. The van der Waals surface area contributed by atoms with Gasteiger partial charge in [-0.1, -0.05) is 5.21 Å². The molecule has 3 N–H and O–H groups in total. The van der Waals surface area contributed by atoms with Gasteiger partial charge in [0.1, 0.15) is 6.54 Å². The smallest absolute Gasteiger partial charge is 0.242 e. The summed E-state index contributed by atoms with van der Waals surface area (Å²) in [4.78, 5) is 11.4. The van der Waals surface area contributed by atoms with Gasteiger partial charge in [-0.2, -0.15) is 0 Å². The van der Waals surface area contributed by atoms with Crippen LogP contribution in [0.2, 0.25) is 0 Å². The Morgan fingerprint density at radius 1 is 1.67 bits per heavy atom. The highest BCUT2D eigenvalue weighted by atomic mass is 16.2. The maximum absolute atomic E-state index is 11.4. The average Bonchev–Trinajstić information content (AvgIpc) is 2.88. The Labute approximate surface area is 87.8 Å². The molecule has 1 aromatic heterocycles. The highest BCUT2D eigenvalue weighted by molar-refractivity contribution is 5.76. The van der Waals surface area contributed by atoms with E-state index < -0.39 is 0 Å². The zero-order valence-corrected chi connectivity index (χ0v) is 8.52. The van der Waals surface area contributed by atoms with Gasteiger partial charge in [-0.3, -0.25) is 4.79 Å². The summed E-state index contributed by atoms with van der Waals surface area (Å²) in [5.41, 5.74) is 6.22. The van der Waals surface area contributed by atoms with Gasteiger partial charge in [-0.05, 0) is 19.4 Å². The van der Waals surface area contributed by atoms with E-state index in [9.17, 15) is 4.79 Å². The van der Waals surface area contributed by atoms with E-state index in [1.807, 2.05) is 0 Å². The molecule has 6 nitrogen and oxygen atoms in total. The lowest BCUT2D eigenvalue weighted by atomic mass is 10.3. The van der Waals surface area contributed by atoms with Crippen LogP contribution in [0.15, 0.2) is 6.20 Å². The molecule has 6 heteroatoms. The normalized spacial score (nSPS) is 15.3. The molecule has 0 aliphatic heterocycles. The molecule has 1 saturated carbocycles. The maximum Gasteiger partial charge on any atom is 0.242 e. The van der Waals surface area contributed by atoms with Crippen LogP contribution in [-0.4, -0.2) is 33.5 Å². The van der Waals surface area contributed by atoms with Gasteiger partial charge in [0.2, 0.25) is 5.91 Å². The molecule has 1 aromatic rings. The third kappa shape index (κ3) is 3.02. The quantitative estimate of drug-likeness (QED) is 0.655. The lowest BCUT2D eigenvalue weighted by Crippen LogP contribution is -2.29. The van der Waals surface area contributed by atoms with Crippen molar-refractivity contribution in [1.29, 1.82) is 0 Å². The van der Waals surface area contributed by atoms with E-state index >= 15 is 0 Å². The molecule has 1 heterocycles. The molecule has 1 amide bonds. The number of hydrogen-bond donors (Lipinski definition) is 2. The lowest BCUT2D eigenvalue weighted by Gasteiger charge is -2.01. The van der Waals surface area contributed by atoms with Crippen LogP contribution in [-0.2, 0) is 17.8 Å². The van der Waals surface area contributed by atoms with Crippen molar-refractivity contribution in [2.45, 2.75) is 31.8 Å². The van der Waals surface area contributed by atoms with Crippen LogP contribution >= 0.6 is 0 Å². The number of hydrogen-bond acceptors (Lipinski definition) is 4. The largest absolute Gasteiger partial charge is 0.352 e. The van der Waals surface area contributed by atoms with Gasteiger partial charge < -0.3 is 11.1 Å². The minimum Gasteiger partial charge on any atom is -0.352 e. The van der Waals surface area contributed by atoms with E-state index in [0.717, 1.165) is 18.5 Å². The number of rotatable bonds is 5. The first-order valence-corrected chi connectivity index (χ1v) is 5.16. The van der Waals surface area contributed by atoms with Crippen LogP contribution in [0.1, 0.15) is 18.5 Å². The third-order valence-electron chi connectivity index (χ3n) is 2.23. The fraction of sp³-hybridized carbons (Fsp3) is 0.667. The second-order valence-corrected chi connectivity index (χ2v) is 3.79. The number of carbonyl (C=O) groups is 1. The molecule has 1 fully saturated rings. The molecule has 1 aliphatic rings. The van der Waals surface area contributed by atoms with E-state index in [-0.39, 0.29) is 12.5 Å². The highest BCUT2D eigenvalue weighted by Gasteiger charge is 2.23. The first-order chi connectivity index (χ1) is 7.28. The minimum atomic E-state index is 0.00157. The minimum absolute atomic E-state index is 0.00157. The molecule has 0 spiro atoms. The molecular formula is C9H15N5O. The highest BCUT2D eigenvalue weighted by Crippen LogP contribution is 2.18. The van der Waals surface area contributed by atoms with Crippen molar-refractivity contribution < 1.29 is 4.79 Å². The van der Waals surface area contributed by atoms with E-state index in [1.165, 1.54) is 0 Å². The van der Waals surface area contributed by atoms with E-state index in [4.69, 9.17) is 5.73 Å². The molecule has 1 aliphatic carbocycles. The van der Waals surface area contributed by atoms with Crippen molar-refractivity contribution in [1.82, 2.24) is 20.3 Å². The van der Waals surface area contributed by atoms with Crippen LogP contribution < -0.4 is 11.1 Å². The molecule has 2 rings (SSSR count). The third-order valence-corrected chi connectivity index (χ3v) is 2.23. The zero-order valence-electron chi connectivity index (χ0n) is 8.52. The Hall–Kier alpha value is -1.43. The first-order valence-electron chi connectivity index (χ1n) is 5.16. The molecule has 0 saturated heterocycles. The molecule has 0 bridgehead atoms. The van der Waals surface area contributed by atoms with Crippen LogP contribution in [0.4, 0.5) is 0 Å². The van der Waals surface area contributed by atoms with Crippen molar-refractivity contribution in [2.75, 3.05) is 6.54 Å². The van der Waals surface area contributed by atoms with Gasteiger partial charge in [-0.15, -0.1) is 5.10 Å². The summed E-state index contributed by atoms with van der Waals surface area (Å²) in [5, 5.41) is 10.7. The predicted molar refractivity (Wildman–Crippen MR) is 53.9 cm³/mol. The van der Waals surface area contributed by atoms with Gasteiger partial charge in [0.15, 0.2) is 0 Å². The molecule has 0 radical (unpaired) electrons. The van der Waals surface area contributed by atoms with Crippen molar-refractivity contribution in [3.05, 3.63) is 11.9 Å². The second-order valence-electron chi connectivity index (χ2n) is 3.79. The zero-order chi connectivity index (χ0) is 10.7. The first kappa shape index (κ1) is 10.1. The van der Waals surface area contributed by atoms with Crippen molar-refractivity contribution in [2.24, 2.45) is 5.73 Å². The Balaban J connectivity index is 1.83. The van der Waals surface area contributed by atoms with E-state index in [2.05, 4.69) is 15.6 Å². The Morgan fingerprint density at radius 3 is 3.13 bits per heavy atom. The Bertz CT molecular complexity index is 344. The van der Waals surface area contributed by atoms with Crippen LogP contribution in [0.5, 0.6) is 0 Å². The second kappa shape index (κ2) is 4.39. The molecule has 0 atom stereocenters. The average molecular weight is 209 g/mol. The number of aromatic nitrogens is 3. The van der Waals surface area contributed by atoms with Crippen LogP contribution in [0, 0.1) is 0 Å². The van der Waals surface area contributed by atoms with Gasteiger partial charge in [0.05, 0.1) is 5.69 Å². The van der Waals surface area contributed by atoms with Crippen LogP contribution in [0.3, 0.4) is 0 Å². The molecular weight excluding hydrogens is 194 g/mol. The number of nitrogens with zero attached hydrogens (tertiary/aromatic N) is 3. The topological polar surface area (TPSA) is 85.8 Å². The van der Waals surface area contributed by atoms with E-state index in [1.54, 1.807) is 10.9 Å². The number of amides is 1. The van der Waals surface area contributed by atoms with Gasteiger partial charge in [0.25, 0.3) is 0 Å². The summed E-state index contributed by atoms with van der Waals surface area (Å²) in [7, 11) is 0. The summed E-state index contributed by atoms with van der Waals surface area (Å²) >= 11 is 0. The number of carbonyl (C=O) groups excluding carboxylic acids is 1. The summed E-state index contributed by atoms with van der Waals surface area (Å²) in [5.74, 6) is 0.00157. The summed E-state index contributed by atoms with van der Waals surface area (Å²) in [6, 6.07) is 0.393. The number of nitrogens with two attached hydrogens (primary N) is 1. The molecule has 0 unspecified atom stereocenters. The molecule has 0 aromatic carbocycles. The molecule has 15 heavy (non-hydrogen) atoms. The lowest BCUT2D eigenvalue weighted by molar-refractivity contribution is -0.122. The summed E-state index contributed by atoms with van der Waals surface area (Å²) < 4.78 is 1.54. The van der Waals surface area contributed by atoms with Crippen LogP contribution in [0.25, 0.3) is 0 Å². The van der Waals surface area contributed by atoms with Crippen molar-refractivity contribution >= 4 is 5.91 Å². The standard InChI is InChI=1S/C9H15N5O/c10-4-3-8-5-14(13-12-8)6-9(15)11-7-1-2-7/h5,7H,1-4,6,10H2,(H,11,15). The SMILES string of the molecule is NCCc1cn(CC(=O)NC2CC2)nn1. The fourth-order valence-electron chi connectivity index (χ4n) is 1.33. The Kier molecular flexibility index (Phi) is 2.96. The monoisotopic (exact) mass is 209 g/mol. The van der Waals surface area contributed by atoms with Gasteiger partial charge >= 0.3 is 0 Å². The summed E-state index contributed by atoms with van der Waals surface area (Å²) in [6.07, 6.45) is 4.66. The van der Waals surface area contributed by atoms with Gasteiger partial charge in [-0.25, -0.2) is 4.68 Å². The Morgan fingerprint density at radius 2 is 2.47 bits per heavy atom. The fourth-order valence-corrected chi connectivity index (χ4v) is 1.33. The number of nitrogens with one attached hydrogen (secondary N) is 1. The van der Waals surface area contributed by atoms with E-state index in [0.29, 0.717) is 19.0 Å². The van der Waals surface area contributed by atoms with Crippen molar-refractivity contribution in [3.8, 4) is 0 Å². The predicted octanol–water partition coefficient (Wildman–Crippen LogP) is -0.942. The summed E-state index contributed by atoms with van der Waals surface area (Å²) in [6.45, 7) is 0.793. The van der Waals surface area contributed by atoms with Gasteiger partial charge in [0, 0.05) is 18.7 Å². The van der Waals surface area contributed by atoms with Crippen molar-refractivity contribution in [3.63, 3.8) is 0 Å². The molecule has 82 valence electrons.